The van der Waals surface area contributed by atoms with Gasteiger partial charge in [-0.2, -0.15) is 0 Å². The molecule has 0 amide bonds. The van der Waals surface area contributed by atoms with Gasteiger partial charge in [0, 0.05) is 0 Å². The van der Waals surface area contributed by atoms with Gasteiger partial charge in [0.25, 0.3) is 0 Å². The minimum Gasteiger partial charge on any atom is -0.0683 e. The molecule has 0 N–H and O–H groups in total. The summed E-state index contributed by atoms with van der Waals surface area (Å²) in [4.78, 5) is 0. The van der Waals surface area contributed by atoms with Crippen LogP contribution in [0.2, 0.25) is 0 Å². The van der Waals surface area contributed by atoms with Gasteiger partial charge in [-0.25, -0.2) is 0 Å². The maximum atomic E-state index is 2.53. The monoisotopic (exact) mass is 336 g/mol. The van der Waals surface area contributed by atoms with Crippen LogP contribution in [0.5, 0.6) is 0 Å². The summed E-state index contributed by atoms with van der Waals surface area (Å²) in [6.07, 6.45) is 18.6. The molecular weight excluding hydrogens is 288 g/mol. The van der Waals surface area contributed by atoms with Crippen LogP contribution in [0.4, 0.5) is 0 Å². The Kier molecular flexibility index (Phi) is 11.4. The standard InChI is InChI=1S/C20H36.2C2H6/c1-15-5-3-6-18(11-9-15)19-12-10-16(2)13-20(14-19)17-7-4-8-17;2*1-2/h15-20H,3-14H2,1-2H3;2*1-2H3. The van der Waals surface area contributed by atoms with E-state index in [2.05, 4.69) is 13.8 Å². The van der Waals surface area contributed by atoms with Crippen molar-refractivity contribution >= 4 is 0 Å². The van der Waals surface area contributed by atoms with Gasteiger partial charge in [0.1, 0.15) is 0 Å². The van der Waals surface area contributed by atoms with Crippen molar-refractivity contribution in [3.63, 3.8) is 0 Å². The van der Waals surface area contributed by atoms with Crippen molar-refractivity contribution in [1.82, 2.24) is 0 Å². The van der Waals surface area contributed by atoms with E-state index in [-0.39, 0.29) is 0 Å². The molecule has 0 spiro atoms. The van der Waals surface area contributed by atoms with Gasteiger partial charge in [0.05, 0.1) is 0 Å². The molecule has 5 atom stereocenters. The molecule has 24 heavy (non-hydrogen) atoms. The maximum absolute atomic E-state index is 2.53. The van der Waals surface area contributed by atoms with Gasteiger partial charge >= 0.3 is 0 Å². The van der Waals surface area contributed by atoms with Gasteiger partial charge in [-0.15, -0.1) is 0 Å². The summed E-state index contributed by atoms with van der Waals surface area (Å²) in [5.74, 6) is 6.43. The molecule has 0 heterocycles. The molecule has 0 aromatic carbocycles. The Labute approximate surface area is 154 Å². The highest BCUT2D eigenvalue weighted by Crippen LogP contribution is 2.46. The number of rotatable bonds is 2. The smallest absolute Gasteiger partial charge is 0.0381 e. The predicted molar refractivity (Wildman–Crippen MR) is 110 cm³/mol. The zero-order valence-corrected chi connectivity index (χ0v) is 17.9. The van der Waals surface area contributed by atoms with Crippen molar-refractivity contribution in [3.8, 4) is 0 Å². The first-order chi connectivity index (χ1) is 11.7. The summed E-state index contributed by atoms with van der Waals surface area (Å²) in [6.45, 7) is 13.0. The van der Waals surface area contributed by atoms with Crippen LogP contribution in [-0.2, 0) is 0 Å². The lowest BCUT2D eigenvalue weighted by atomic mass is 9.69. The molecule has 0 nitrogen and oxygen atoms in total. The van der Waals surface area contributed by atoms with Gasteiger partial charge in [-0.3, -0.25) is 0 Å². The molecule has 3 aliphatic carbocycles. The minimum absolute atomic E-state index is 1.01. The summed E-state index contributed by atoms with van der Waals surface area (Å²) < 4.78 is 0. The van der Waals surface area contributed by atoms with E-state index >= 15 is 0 Å². The highest BCUT2D eigenvalue weighted by atomic mass is 14.4. The first-order valence-electron chi connectivity index (χ1n) is 11.7. The molecule has 0 aliphatic heterocycles. The van der Waals surface area contributed by atoms with Crippen LogP contribution in [0.3, 0.4) is 0 Å². The molecule has 3 rings (SSSR count). The second kappa shape index (κ2) is 12.4. The summed E-state index contributed by atoms with van der Waals surface area (Å²) >= 11 is 0. The Morgan fingerprint density at radius 3 is 1.54 bits per heavy atom. The lowest BCUT2D eigenvalue weighted by Crippen LogP contribution is -2.26. The predicted octanol–water partition coefficient (Wildman–Crippen LogP) is 8.50. The third-order valence-electron chi connectivity index (χ3n) is 7.13. The first kappa shape index (κ1) is 22.0. The Morgan fingerprint density at radius 2 is 0.917 bits per heavy atom. The quantitative estimate of drug-likeness (QED) is 0.443. The third kappa shape index (κ3) is 6.72. The van der Waals surface area contributed by atoms with Crippen LogP contribution in [0, 0.1) is 35.5 Å². The van der Waals surface area contributed by atoms with E-state index in [9.17, 15) is 0 Å². The van der Waals surface area contributed by atoms with Crippen LogP contribution < -0.4 is 0 Å². The average Bonchev–Trinajstić information content (AvgIpc) is 2.88. The lowest BCUT2D eigenvalue weighted by molar-refractivity contribution is 0.144. The van der Waals surface area contributed by atoms with Crippen LogP contribution >= 0.6 is 0 Å². The van der Waals surface area contributed by atoms with Crippen molar-refractivity contribution in [2.45, 2.75) is 119 Å². The molecule has 0 bridgehead atoms. The van der Waals surface area contributed by atoms with Crippen molar-refractivity contribution in [3.05, 3.63) is 0 Å². The molecule has 0 aromatic rings. The SMILES string of the molecule is CC.CC.CC1CCCC(C2CCC(C)CC(C3CCC3)C2)CC1. The third-order valence-corrected chi connectivity index (χ3v) is 7.13. The van der Waals surface area contributed by atoms with Crippen molar-refractivity contribution < 1.29 is 0 Å². The van der Waals surface area contributed by atoms with E-state index in [1.54, 1.807) is 44.9 Å². The maximum Gasteiger partial charge on any atom is -0.0381 e. The van der Waals surface area contributed by atoms with Gasteiger partial charge in [-0.1, -0.05) is 92.9 Å². The van der Waals surface area contributed by atoms with E-state index < -0.39 is 0 Å². The van der Waals surface area contributed by atoms with Crippen molar-refractivity contribution in [2.75, 3.05) is 0 Å². The zero-order valence-electron chi connectivity index (χ0n) is 17.9. The fourth-order valence-corrected chi connectivity index (χ4v) is 5.45. The fraction of sp³-hybridized carbons (Fsp3) is 1.00. The van der Waals surface area contributed by atoms with Crippen LogP contribution in [0.25, 0.3) is 0 Å². The van der Waals surface area contributed by atoms with E-state index in [1.165, 1.54) is 32.1 Å². The summed E-state index contributed by atoms with van der Waals surface area (Å²) in [5, 5.41) is 0. The highest BCUT2D eigenvalue weighted by molar-refractivity contribution is 4.86. The van der Waals surface area contributed by atoms with Gasteiger partial charge in [-0.05, 0) is 61.2 Å². The Bertz CT molecular complexity index is 290. The topological polar surface area (TPSA) is 0 Å². The van der Waals surface area contributed by atoms with Crippen molar-refractivity contribution in [2.24, 2.45) is 35.5 Å². The molecule has 0 radical (unpaired) electrons. The largest absolute Gasteiger partial charge is 0.0683 e. The molecule has 3 saturated carbocycles. The molecule has 3 aliphatic rings. The van der Waals surface area contributed by atoms with Gasteiger partial charge < -0.3 is 0 Å². The minimum atomic E-state index is 1.01. The lowest BCUT2D eigenvalue weighted by Gasteiger charge is -2.37. The fourth-order valence-electron chi connectivity index (χ4n) is 5.45. The van der Waals surface area contributed by atoms with E-state index in [4.69, 9.17) is 0 Å². The molecule has 3 fully saturated rings. The highest BCUT2D eigenvalue weighted by Gasteiger charge is 2.35. The van der Waals surface area contributed by atoms with Crippen molar-refractivity contribution in [1.29, 1.82) is 0 Å². The summed E-state index contributed by atoms with van der Waals surface area (Å²) in [5.41, 5.74) is 0. The van der Waals surface area contributed by atoms with Gasteiger partial charge in [0.2, 0.25) is 0 Å². The molecular formula is C24H48. The van der Waals surface area contributed by atoms with E-state index in [1.807, 2.05) is 27.7 Å². The summed E-state index contributed by atoms with van der Waals surface area (Å²) in [7, 11) is 0. The molecule has 0 heteroatoms. The Hall–Kier alpha value is 0. The van der Waals surface area contributed by atoms with E-state index in [0.717, 1.165) is 35.5 Å². The first-order valence-corrected chi connectivity index (χ1v) is 11.7. The number of hydrogen-bond acceptors (Lipinski definition) is 0. The molecule has 0 aromatic heterocycles. The van der Waals surface area contributed by atoms with Crippen LogP contribution in [0.1, 0.15) is 119 Å². The Balaban J connectivity index is 0.000000671. The normalized spacial score (nSPS) is 37.5. The Morgan fingerprint density at radius 1 is 0.417 bits per heavy atom. The molecule has 5 unspecified atom stereocenters. The second-order valence-electron chi connectivity index (χ2n) is 8.74. The van der Waals surface area contributed by atoms with Crippen LogP contribution in [-0.4, -0.2) is 0 Å². The van der Waals surface area contributed by atoms with Gasteiger partial charge in [0.15, 0.2) is 0 Å². The average molecular weight is 337 g/mol. The zero-order chi connectivity index (χ0) is 17.9. The van der Waals surface area contributed by atoms with E-state index in [0.29, 0.717) is 0 Å². The molecule has 0 saturated heterocycles. The number of hydrogen-bond donors (Lipinski definition) is 0. The second-order valence-corrected chi connectivity index (χ2v) is 8.74. The molecule has 144 valence electrons. The van der Waals surface area contributed by atoms with Crippen LogP contribution in [0.15, 0.2) is 0 Å². The summed E-state index contributed by atoms with van der Waals surface area (Å²) in [6, 6.07) is 0.